The van der Waals surface area contributed by atoms with E-state index in [0.29, 0.717) is 0 Å². The quantitative estimate of drug-likeness (QED) is 0.563. The molecule has 1 unspecified atom stereocenters. The van der Waals surface area contributed by atoms with Crippen molar-refractivity contribution >= 4 is 11.8 Å². The summed E-state index contributed by atoms with van der Waals surface area (Å²) in [6, 6.07) is -0.912. The van der Waals surface area contributed by atoms with Crippen LogP contribution in [0.5, 0.6) is 0 Å². The van der Waals surface area contributed by atoms with Crippen LogP contribution in [0.4, 0.5) is 8.78 Å². The summed E-state index contributed by atoms with van der Waals surface area (Å²) in [7, 11) is 1.43. The average molecular weight is 221 g/mol. The van der Waals surface area contributed by atoms with Crippen LogP contribution in [0.25, 0.3) is 0 Å². The molecule has 0 aromatic heterocycles. The molecular weight excluding hydrogens is 208 g/mol. The van der Waals surface area contributed by atoms with Crippen LogP contribution in [-0.4, -0.2) is 43.9 Å². The van der Waals surface area contributed by atoms with E-state index < -0.39 is 30.8 Å². The molecule has 0 saturated carbocycles. The third-order valence-electron chi connectivity index (χ3n) is 2.13. The zero-order valence-electron chi connectivity index (χ0n) is 8.27. The first kappa shape index (κ1) is 11.8. The summed E-state index contributed by atoms with van der Waals surface area (Å²) in [6.45, 7) is -0.690. The van der Waals surface area contributed by atoms with E-state index in [0.717, 1.165) is 0 Å². The molecule has 1 aliphatic rings. The Bertz CT molecular complexity index is 271. The van der Waals surface area contributed by atoms with Crippen molar-refractivity contribution in [2.75, 3.05) is 20.1 Å². The lowest BCUT2D eigenvalue weighted by molar-refractivity contribution is -0.127. The van der Waals surface area contributed by atoms with Gasteiger partial charge in [-0.1, -0.05) is 0 Å². The van der Waals surface area contributed by atoms with Gasteiger partial charge in [-0.2, -0.15) is 0 Å². The zero-order valence-corrected chi connectivity index (χ0v) is 8.27. The number of amides is 2. The molecule has 15 heavy (non-hydrogen) atoms. The highest BCUT2D eigenvalue weighted by Crippen LogP contribution is 2.24. The molecule has 2 amide bonds. The highest BCUT2D eigenvalue weighted by Gasteiger charge is 2.42. The van der Waals surface area contributed by atoms with Crippen molar-refractivity contribution in [3.05, 3.63) is 0 Å². The van der Waals surface area contributed by atoms with Gasteiger partial charge >= 0.3 is 0 Å². The van der Waals surface area contributed by atoms with Crippen LogP contribution in [-0.2, 0) is 9.59 Å². The third-order valence-corrected chi connectivity index (χ3v) is 2.13. The highest BCUT2D eigenvalue weighted by molar-refractivity contribution is 5.87. The number of carbonyl (C=O) groups is 2. The number of carbonyl (C=O) groups excluding carboxylic acids is 2. The highest BCUT2D eigenvalue weighted by atomic mass is 19.3. The van der Waals surface area contributed by atoms with Gasteiger partial charge in [-0.05, 0) is 0 Å². The van der Waals surface area contributed by atoms with Crippen LogP contribution in [0.3, 0.4) is 0 Å². The molecule has 0 aromatic rings. The number of alkyl halides is 2. The minimum Gasteiger partial charge on any atom is -0.358 e. The fraction of sp³-hybridized carbons (Fsp3) is 0.750. The third kappa shape index (κ3) is 3.43. The molecule has 86 valence electrons. The Kier molecular flexibility index (Phi) is 3.57. The van der Waals surface area contributed by atoms with Crippen molar-refractivity contribution < 1.29 is 18.4 Å². The lowest BCUT2D eigenvalue weighted by Gasteiger charge is -2.10. The fourth-order valence-electron chi connectivity index (χ4n) is 1.28. The molecule has 7 heteroatoms. The molecule has 0 aromatic carbocycles. The monoisotopic (exact) mass is 221 g/mol. The molecule has 3 N–H and O–H groups in total. The van der Waals surface area contributed by atoms with Gasteiger partial charge in [0.2, 0.25) is 11.8 Å². The summed E-state index contributed by atoms with van der Waals surface area (Å²) >= 11 is 0. The summed E-state index contributed by atoms with van der Waals surface area (Å²) in [4.78, 5) is 22.0. The second-order valence-corrected chi connectivity index (χ2v) is 3.38. The number of rotatable bonds is 3. The number of nitrogens with one attached hydrogen (secondary N) is 3. The van der Waals surface area contributed by atoms with E-state index in [-0.39, 0.29) is 12.5 Å². The van der Waals surface area contributed by atoms with Crippen molar-refractivity contribution in [3.63, 3.8) is 0 Å². The topological polar surface area (TPSA) is 70.2 Å². The van der Waals surface area contributed by atoms with E-state index in [1.807, 2.05) is 0 Å². The van der Waals surface area contributed by atoms with Crippen LogP contribution in [0.2, 0.25) is 0 Å². The Hall–Kier alpha value is -1.24. The van der Waals surface area contributed by atoms with Crippen molar-refractivity contribution in [3.8, 4) is 0 Å². The predicted octanol–water partition coefficient (Wildman–Crippen LogP) is -1.15. The molecule has 0 radical (unpaired) electrons. The molecule has 1 rings (SSSR count). The van der Waals surface area contributed by atoms with Crippen LogP contribution in [0.15, 0.2) is 0 Å². The zero-order chi connectivity index (χ0) is 11.5. The lowest BCUT2D eigenvalue weighted by Crippen LogP contribution is -2.44. The first-order chi connectivity index (χ1) is 6.94. The average Bonchev–Trinajstić information content (AvgIpc) is 2.54. The molecule has 0 aliphatic carbocycles. The number of halogens is 2. The van der Waals surface area contributed by atoms with E-state index in [1.165, 1.54) is 7.05 Å². The number of hydrogen-bond acceptors (Lipinski definition) is 3. The first-order valence-corrected chi connectivity index (χ1v) is 4.54. The van der Waals surface area contributed by atoms with Crippen molar-refractivity contribution in [1.29, 1.82) is 0 Å². The molecule has 1 fully saturated rings. The van der Waals surface area contributed by atoms with Crippen LogP contribution in [0.1, 0.15) is 6.42 Å². The van der Waals surface area contributed by atoms with Crippen molar-refractivity contribution in [1.82, 2.24) is 16.0 Å². The summed E-state index contributed by atoms with van der Waals surface area (Å²) in [6.07, 6.45) is -0.521. The normalized spacial score (nSPS) is 23.5. The first-order valence-electron chi connectivity index (χ1n) is 4.54. The molecule has 0 bridgehead atoms. The minimum absolute atomic E-state index is 0.195. The number of hydrogen-bond donors (Lipinski definition) is 3. The van der Waals surface area contributed by atoms with Gasteiger partial charge in [-0.25, -0.2) is 8.78 Å². The van der Waals surface area contributed by atoms with Crippen LogP contribution >= 0.6 is 0 Å². The summed E-state index contributed by atoms with van der Waals surface area (Å²) in [5.41, 5.74) is 0. The Morgan fingerprint density at radius 1 is 1.53 bits per heavy atom. The van der Waals surface area contributed by atoms with Gasteiger partial charge < -0.3 is 10.6 Å². The Balaban J connectivity index is 2.33. The smallest absolute Gasteiger partial charge is 0.262 e. The van der Waals surface area contributed by atoms with Gasteiger partial charge in [0.05, 0.1) is 19.1 Å². The summed E-state index contributed by atoms with van der Waals surface area (Å²) in [5, 5.41) is 6.97. The maximum absolute atomic E-state index is 12.7. The van der Waals surface area contributed by atoms with Gasteiger partial charge in [-0.3, -0.25) is 14.9 Å². The van der Waals surface area contributed by atoms with Gasteiger partial charge in [0.15, 0.2) is 0 Å². The molecule has 1 aliphatic heterocycles. The molecule has 5 nitrogen and oxygen atoms in total. The fourth-order valence-corrected chi connectivity index (χ4v) is 1.28. The van der Waals surface area contributed by atoms with Gasteiger partial charge in [-0.15, -0.1) is 0 Å². The van der Waals surface area contributed by atoms with E-state index >= 15 is 0 Å². The maximum Gasteiger partial charge on any atom is 0.262 e. The Labute approximate surface area is 85.6 Å². The van der Waals surface area contributed by atoms with Gasteiger partial charge in [0.1, 0.15) is 0 Å². The predicted molar refractivity (Wildman–Crippen MR) is 48.4 cm³/mol. The molecular formula is C8H13F2N3O2. The largest absolute Gasteiger partial charge is 0.358 e. The Morgan fingerprint density at radius 2 is 2.20 bits per heavy atom. The molecule has 1 heterocycles. The maximum atomic E-state index is 12.7. The Morgan fingerprint density at radius 3 is 2.67 bits per heavy atom. The standard InChI is InChI=1S/C8H13F2N3O2/c1-11-6(14)3-12-7(15)5-2-8(9,10)4-13-5/h5,13H,2-4H2,1H3,(H,11,14)(H,12,15). The van der Waals surface area contributed by atoms with E-state index in [4.69, 9.17) is 0 Å². The van der Waals surface area contributed by atoms with E-state index in [1.54, 1.807) is 0 Å². The second kappa shape index (κ2) is 4.52. The molecule has 0 spiro atoms. The van der Waals surface area contributed by atoms with E-state index in [9.17, 15) is 18.4 Å². The number of likely N-dealkylation sites (N-methyl/N-ethyl adjacent to an activating group) is 1. The SMILES string of the molecule is CNC(=O)CNC(=O)C1CC(F)(F)CN1. The van der Waals surface area contributed by atoms with E-state index in [2.05, 4.69) is 16.0 Å². The minimum atomic E-state index is -2.84. The summed E-state index contributed by atoms with van der Waals surface area (Å²) < 4.78 is 25.4. The van der Waals surface area contributed by atoms with Crippen molar-refractivity contribution in [2.45, 2.75) is 18.4 Å². The van der Waals surface area contributed by atoms with Crippen molar-refractivity contribution in [2.24, 2.45) is 0 Å². The lowest BCUT2D eigenvalue weighted by atomic mass is 10.2. The van der Waals surface area contributed by atoms with Gasteiger partial charge in [0.25, 0.3) is 5.92 Å². The molecule has 1 atom stereocenters. The summed E-state index contributed by atoms with van der Waals surface area (Å²) in [5.74, 6) is -3.78. The van der Waals surface area contributed by atoms with Crippen LogP contribution in [0, 0.1) is 0 Å². The second-order valence-electron chi connectivity index (χ2n) is 3.38. The van der Waals surface area contributed by atoms with Gasteiger partial charge in [0, 0.05) is 13.5 Å². The van der Waals surface area contributed by atoms with Crippen LogP contribution < -0.4 is 16.0 Å². The molecule has 1 saturated heterocycles.